The lowest BCUT2D eigenvalue weighted by Crippen LogP contribution is -2.24. The summed E-state index contributed by atoms with van der Waals surface area (Å²) in [5.41, 5.74) is 3.38. The minimum Gasteiger partial charge on any atom is -0.497 e. The van der Waals surface area contributed by atoms with E-state index in [1.54, 1.807) is 7.11 Å². The average molecular weight is 300 g/mol. The van der Waals surface area contributed by atoms with Gasteiger partial charge in [-0.2, -0.15) is 0 Å². The van der Waals surface area contributed by atoms with Crippen LogP contribution in [-0.4, -0.2) is 20.2 Å². The van der Waals surface area contributed by atoms with Gasteiger partial charge in [0.2, 0.25) is 0 Å². The number of allylic oxidation sites excluding steroid dienone is 3. The molecule has 0 amide bonds. The van der Waals surface area contributed by atoms with E-state index in [1.165, 1.54) is 23.8 Å². The van der Waals surface area contributed by atoms with Crippen molar-refractivity contribution in [2.75, 3.05) is 14.2 Å². The monoisotopic (exact) mass is 300 g/mol. The molecule has 0 spiro atoms. The van der Waals surface area contributed by atoms with Crippen LogP contribution >= 0.6 is 0 Å². The van der Waals surface area contributed by atoms with Crippen molar-refractivity contribution in [1.82, 2.24) is 0 Å². The molecule has 1 aromatic carbocycles. The normalized spacial score (nSPS) is 14.5. The number of esters is 1. The zero-order valence-corrected chi connectivity index (χ0v) is 13.8. The summed E-state index contributed by atoms with van der Waals surface area (Å²) >= 11 is 0. The highest BCUT2D eigenvalue weighted by Crippen LogP contribution is 2.29. The summed E-state index contributed by atoms with van der Waals surface area (Å²) in [4.78, 5) is 11.7. The first kappa shape index (κ1) is 16.3. The molecule has 1 aliphatic carbocycles. The fourth-order valence-corrected chi connectivity index (χ4v) is 2.61. The number of fused-ring (bicyclic) bond motifs is 1. The lowest BCUT2D eigenvalue weighted by molar-refractivity contribution is -0.150. The van der Waals surface area contributed by atoms with Crippen LogP contribution in [0.4, 0.5) is 0 Å². The van der Waals surface area contributed by atoms with Gasteiger partial charge in [-0.1, -0.05) is 24.3 Å². The molecular formula is C19H24O3. The van der Waals surface area contributed by atoms with Crippen LogP contribution in [0, 0.1) is 5.41 Å². The molecule has 0 radical (unpaired) electrons. The largest absolute Gasteiger partial charge is 0.497 e. The first-order valence-electron chi connectivity index (χ1n) is 7.59. The molecule has 118 valence electrons. The number of carbonyl (C=O) groups excluding carboxylic acids is 1. The van der Waals surface area contributed by atoms with Crippen LogP contribution < -0.4 is 4.74 Å². The predicted octanol–water partition coefficient (Wildman–Crippen LogP) is 4.17. The Balaban J connectivity index is 2.06. The van der Waals surface area contributed by atoms with E-state index >= 15 is 0 Å². The molecule has 0 fully saturated rings. The molecule has 0 aromatic heterocycles. The number of benzene rings is 1. The molecule has 0 aliphatic heterocycles. The number of aryl methyl sites for hydroxylation is 1. The van der Waals surface area contributed by atoms with E-state index in [4.69, 9.17) is 9.47 Å². The fraction of sp³-hybridized carbons (Fsp3) is 0.421. The van der Waals surface area contributed by atoms with Gasteiger partial charge in [-0.3, -0.25) is 4.79 Å². The third-order valence-electron chi connectivity index (χ3n) is 4.07. The van der Waals surface area contributed by atoms with Gasteiger partial charge < -0.3 is 9.47 Å². The van der Waals surface area contributed by atoms with E-state index in [2.05, 4.69) is 30.4 Å². The minimum absolute atomic E-state index is 0.174. The van der Waals surface area contributed by atoms with Gasteiger partial charge >= 0.3 is 5.97 Å². The Labute approximate surface area is 132 Å². The van der Waals surface area contributed by atoms with Crippen LogP contribution in [0.2, 0.25) is 0 Å². The number of hydrogen-bond donors (Lipinski definition) is 0. The maximum absolute atomic E-state index is 11.7. The fourth-order valence-electron chi connectivity index (χ4n) is 2.61. The highest BCUT2D eigenvalue weighted by Gasteiger charge is 2.26. The summed E-state index contributed by atoms with van der Waals surface area (Å²) in [6, 6.07) is 6.19. The van der Waals surface area contributed by atoms with Crippen LogP contribution in [0.25, 0.3) is 6.08 Å². The quantitative estimate of drug-likeness (QED) is 0.766. The Morgan fingerprint density at radius 3 is 2.73 bits per heavy atom. The van der Waals surface area contributed by atoms with Gasteiger partial charge in [-0.25, -0.2) is 0 Å². The van der Waals surface area contributed by atoms with Crippen molar-refractivity contribution in [3.63, 3.8) is 0 Å². The SMILES string of the molecule is COC(=O)C(C)(C)C/C=C/C1=Cc2ccc(OC)cc2CC1. The number of hydrogen-bond acceptors (Lipinski definition) is 3. The van der Waals surface area contributed by atoms with Gasteiger partial charge in [0.15, 0.2) is 0 Å². The minimum atomic E-state index is -0.480. The lowest BCUT2D eigenvalue weighted by Gasteiger charge is -2.19. The van der Waals surface area contributed by atoms with Gasteiger partial charge in [0.05, 0.1) is 19.6 Å². The molecule has 0 atom stereocenters. The summed E-state index contributed by atoms with van der Waals surface area (Å²) in [7, 11) is 3.13. The highest BCUT2D eigenvalue weighted by atomic mass is 16.5. The molecule has 0 saturated carbocycles. The van der Waals surface area contributed by atoms with Crippen LogP contribution in [0.1, 0.15) is 37.8 Å². The number of rotatable bonds is 5. The standard InChI is InChI=1S/C19H24O3/c1-19(2,18(20)22-4)11-5-6-14-7-8-16-13-17(21-3)10-9-15(16)12-14/h5-6,9-10,12-13H,7-8,11H2,1-4H3/b6-5+. The Bertz CT molecular complexity index is 609. The first-order chi connectivity index (χ1) is 10.5. The molecule has 1 aliphatic rings. The van der Waals surface area contributed by atoms with E-state index in [0.29, 0.717) is 6.42 Å². The van der Waals surface area contributed by atoms with Gasteiger partial charge in [0.25, 0.3) is 0 Å². The summed E-state index contributed by atoms with van der Waals surface area (Å²) in [6.45, 7) is 3.81. The van der Waals surface area contributed by atoms with Crippen molar-refractivity contribution in [3.8, 4) is 5.75 Å². The number of carbonyl (C=O) groups is 1. The van der Waals surface area contributed by atoms with Crippen molar-refractivity contribution in [1.29, 1.82) is 0 Å². The second kappa shape index (κ2) is 6.82. The second-order valence-corrected chi connectivity index (χ2v) is 6.27. The summed E-state index contributed by atoms with van der Waals surface area (Å²) in [6.07, 6.45) is 9.10. The van der Waals surface area contributed by atoms with Crippen molar-refractivity contribution in [2.24, 2.45) is 5.41 Å². The first-order valence-corrected chi connectivity index (χ1v) is 7.59. The molecule has 22 heavy (non-hydrogen) atoms. The van der Waals surface area contributed by atoms with Crippen LogP contribution in [0.5, 0.6) is 5.75 Å². The number of ether oxygens (including phenoxy) is 2. The third-order valence-corrected chi connectivity index (χ3v) is 4.07. The summed E-state index contributed by atoms with van der Waals surface area (Å²) in [5.74, 6) is 0.734. The summed E-state index contributed by atoms with van der Waals surface area (Å²) in [5, 5.41) is 0. The smallest absolute Gasteiger partial charge is 0.311 e. The van der Waals surface area contributed by atoms with E-state index in [-0.39, 0.29) is 5.97 Å². The van der Waals surface area contributed by atoms with E-state index in [0.717, 1.165) is 18.6 Å². The third kappa shape index (κ3) is 3.79. The lowest BCUT2D eigenvalue weighted by atomic mass is 9.88. The van der Waals surface area contributed by atoms with Crippen molar-refractivity contribution in [3.05, 3.63) is 47.1 Å². The topological polar surface area (TPSA) is 35.5 Å². The molecule has 2 rings (SSSR count). The van der Waals surface area contributed by atoms with E-state index < -0.39 is 5.41 Å². The molecule has 0 N–H and O–H groups in total. The maximum Gasteiger partial charge on any atom is 0.311 e. The van der Waals surface area contributed by atoms with Gasteiger partial charge in [0, 0.05) is 0 Å². The molecule has 0 unspecified atom stereocenters. The van der Waals surface area contributed by atoms with Crippen LogP contribution in [0.3, 0.4) is 0 Å². The van der Waals surface area contributed by atoms with Crippen molar-refractivity contribution < 1.29 is 14.3 Å². The Morgan fingerprint density at radius 2 is 2.05 bits per heavy atom. The molecule has 0 bridgehead atoms. The van der Waals surface area contributed by atoms with Gasteiger partial charge in [0.1, 0.15) is 5.75 Å². The van der Waals surface area contributed by atoms with Crippen LogP contribution in [-0.2, 0) is 16.0 Å². The van der Waals surface area contributed by atoms with Crippen LogP contribution in [0.15, 0.2) is 35.9 Å². The number of methoxy groups -OCH3 is 2. The predicted molar refractivity (Wildman–Crippen MR) is 88.8 cm³/mol. The Kier molecular flexibility index (Phi) is 5.07. The van der Waals surface area contributed by atoms with Gasteiger partial charge in [-0.15, -0.1) is 0 Å². The molecule has 3 heteroatoms. The Morgan fingerprint density at radius 1 is 1.27 bits per heavy atom. The molecular weight excluding hydrogens is 276 g/mol. The average Bonchev–Trinajstić information content (AvgIpc) is 2.53. The van der Waals surface area contributed by atoms with Crippen molar-refractivity contribution in [2.45, 2.75) is 33.1 Å². The van der Waals surface area contributed by atoms with E-state index in [9.17, 15) is 4.79 Å². The molecule has 1 aromatic rings. The maximum atomic E-state index is 11.7. The second-order valence-electron chi connectivity index (χ2n) is 6.27. The Hall–Kier alpha value is -2.03. The zero-order valence-electron chi connectivity index (χ0n) is 13.8. The van der Waals surface area contributed by atoms with Gasteiger partial charge in [-0.05, 0) is 61.9 Å². The zero-order chi connectivity index (χ0) is 16.2. The molecule has 0 saturated heterocycles. The van der Waals surface area contributed by atoms with Crippen molar-refractivity contribution >= 4 is 12.0 Å². The molecule has 0 heterocycles. The summed E-state index contributed by atoms with van der Waals surface area (Å²) < 4.78 is 10.1. The highest BCUT2D eigenvalue weighted by molar-refractivity contribution is 5.76. The molecule has 3 nitrogen and oxygen atoms in total. The van der Waals surface area contributed by atoms with E-state index in [1.807, 2.05) is 19.9 Å².